The SMILES string of the molecule is Cc1cc(C)c(NC(=O)COC(=O)c2ccccc2[S@@](C)=O)c(C)c1. The van der Waals surface area contributed by atoms with Crippen molar-refractivity contribution in [1.29, 1.82) is 0 Å². The van der Waals surface area contributed by atoms with Gasteiger partial charge in [-0.05, 0) is 44.0 Å². The predicted octanol–water partition coefficient (Wildman–Crippen LogP) is 3.14. The van der Waals surface area contributed by atoms with Crippen LogP contribution in [0.15, 0.2) is 41.3 Å². The Balaban J connectivity index is 2.04. The van der Waals surface area contributed by atoms with E-state index in [0.717, 1.165) is 22.4 Å². The van der Waals surface area contributed by atoms with Crippen molar-refractivity contribution in [3.05, 3.63) is 58.7 Å². The van der Waals surface area contributed by atoms with Crippen LogP contribution in [-0.4, -0.2) is 28.9 Å². The van der Waals surface area contributed by atoms with E-state index in [1.807, 2.05) is 32.9 Å². The lowest BCUT2D eigenvalue weighted by Gasteiger charge is -2.13. The van der Waals surface area contributed by atoms with E-state index in [1.165, 1.54) is 12.3 Å². The summed E-state index contributed by atoms with van der Waals surface area (Å²) in [4.78, 5) is 24.7. The molecule has 1 N–H and O–H groups in total. The molecule has 0 aliphatic heterocycles. The number of aryl methyl sites for hydroxylation is 3. The lowest BCUT2D eigenvalue weighted by molar-refractivity contribution is -0.119. The molecule has 132 valence electrons. The number of carbonyl (C=O) groups is 2. The highest BCUT2D eigenvalue weighted by Crippen LogP contribution is 2.22. The number of ether oxygens (including phenoxy) is 1. The fourth-order valence-corrected chi connectivity index (χ4v) is 3.38. The molecule has 2 rings (SSSR count). The molecule has 0 aromatic heterocycles. The smallest absolute Gasteiger partial charge is 0.339 e. The van der Waals surface area contributed by atoms with E-state index in [-0.39, 0.29) is 5.56 Å². The fraction of sp³-hybridized carbons (Fsp3) is 0.263. The molecule has 5 nitrogen and oxygen atoms in total. The maximum Gasteiger partial charge on any atom is 0.339 e. The molecular formula is C19H21NO4S. The molecule has 0 aliphatic carbocycles. The topological polar surface area (TPSA) is 72.5 Å². The highest BCUT2D eigenvalue weighted by molar-refractivity contribution is 7.84. The molecule has 1 atom stereocenters. The molecular weight excluding hydrogens is 338 g/mol. The molecule has 0 heterocycles. The Hall–Kier alpha value is -2.47. The van der Waals surface area contributed by atoms with Gasteiger partial charge in [0.15, 0.2) is 6.61 Å². The summed E-state index contributed by atoms with van der Waals surface area (Å²) in [7, 11) is -1.32. The summed E-state index contributed by atoms with van der Waals surface area (Å²) in [6.07, 6.45) is 1.49. The Bertz CT molecular complexity index is 822. The molecule has 2 aromatic carbocycles. The Kier molecular flexibility index (Phi) is 6.09. The maximum absolute atomic E-state index is 12.2. The third-order valence-corrected chi connectivity index (χ3v) is 4.67. The first-order valence-electron chi connectivity index (χ1n) is 7.77. The van der Waals surface area contributed by atoms with Gasteiger partial charge < -0.3 is 10.1 Å². The molecule has 0 saturated carbocycles. The molecule has 0 fully saturated rings. The van der Waals surface area contributed by atoms with E-state index >= 15 is 0 Å². The van der Waals surface area contributed by atoms with Crippen LogP contribution < -0.4 is 5.32 Å². The molecule has 0 unspecified atom stereocenters. The van der Waals surface area contributed by atoms with Gasteiger partial charge in [0.1, 0.15) is 0 Å². The Morgan fingerprint density at radius 1 is 1.08 bits per heavy atom. The van der Waals surface area contributed by atoms with Crippen molar-refractivity contribution >= 4 is 28.4 Å². The van der Waals surface area contributed by atoms with E-state index in [4.69, 9.17) is 4.74 Å². The van der Waals surface area contributed by atoms with Crippen LogP contribution >= 0.6 is 0 Å². The minimum atomic E-state index is -1.32. The normalized spacial score (nSPS) is 11.7. The zero-order valence-electron chi connectivity index (χ0n) is 14.7. The van der Waals surface area contributed by atoms with Crippen LogP contribution in [0.4, 0.5) is 5.69 Å². The van der Waals surface area contributed by atoms with Crippen molar-refractivity contribution in [2.24, 2.45) is 0 Å². The average molecular weight is 359 g/mol. The van der Waals surface area contributed by atoms with Crippen LogP contribution in [-0.2, 0) is 20.3 Å². The predicted molar refractivity (Wildman–Crippen MR) is 98.3 cm³/mol. The largest absolute Gasteiger partial charge is 0.452 e. The number of rotatable bonds is 5. The van der Waals surface area contributed by atoms with Gasteiger partial charge in [-0.2, -0.15) is 0 Å². The number of benzene rings is 2. The molecule has 0 aliphatic rings. The molecule has 25 heavy (non-hydrogen) atoms. The minimum absolute atomic E-state index is 0.207. The molecule has 0 bridgehead atoms. The Morgan fingerprint density at radius 2 is 1.68 bits per heavy atom. The maximum atomic E-state index is 12.2. The van der Waals surface area contributed by atoms with E-state index in [1.54, 1.807) is 18.2 Å². The Morgan fingerprint density at radius 3 is 2.28 bits per heavy atom. The third kappa shape index (κ3) is 4.76. The van der Waals surface area contributed by atoms with Crippen molar-refractivity contribution in [3.63, 3.8) is 0 Å². The van der Waals surface area contributed by atoms with Gasteiger partial charge in [0.25, 0.3) is 5.91 Å². The number of hydrogen-bond acceptors (Lipinski definition) is 4. The summed E-state index contributed by atoms with van der Waals surface area (Å²) in [6.45, 7) is 5.40. The van der Waals surface area contributed by atoms with Gasteiger partial charge in [-0.3, -0.25) is 9.00 Å². The minimum Gasteiger partial charge on any atom is -0.452 e. The van der Waals surface area contributed by atoms with Crippen LogP contribution in [0.5, 0.6) is 0 Å². The number of anilines is 1. The van der Waals surface area contributed by atoms with Gasteiger partial charge in [0.2, 0.25) is 0 Å². The summed E-state index contributed by atoms with van der Waals surface area (Å²) in [6, 6.07) is 10.4. The van der Waals surface area contributed by atoms with Crippen molar-refractivity contribution in [3.8, 4) is 0 Å². The second-order valence-corrected chi connectivity index (χ2v) is 7.20. The molecule has 0 radical (unpaired) electrons. The first-order chi connectivity index (χ1) is 11.8. The number of esters is 1. The second-order valence-electron chi connectivity index (χ2n) is 5.85. The number of carbonyl (C=O) groups excluding carboxylic acids is 2. The highest BCUT2D eigenvalue weighted by atomic mass is 32.2. The van der Waals surface area contributed by atoms with Crippen LogP contribution in [0, 0.1) is 20.8 Å². The van der Waals surface area contributed by atoms with Gasteiger partial charge in [-0.1, -0.05) is 29.8 Å². The van der Waals surface area contributed by atoms with Gasteiger partial charge in [0, 0.05) is 11.9 Å². The first-order valence-corrected chi connectivity index (χ1v) is 9.32. The standard InChI is InChI=1S/C19H21NO4S/c1-12-9-13(2)18(14(3)10-12)20-17(21)11-24-19(22)15-7-5-6-8-16(15)25(4)23/h5-10H,11H2,1-4H3,(H,20,21)/t25-/m1/s1. The first kappa shape index (κ1) is 18.9. The summed E-state index contributed by atoms with van der Waals surface area (Å²) in [5, 5.41) is 2.77. The molecule has 0 saturated heterocycles. The van der Waals surface area contributed by atoms with Crippen molar-refractivity contribution in [2.75, 3.05) is 18.2 Å². The van der Waals surface area contributed by atoms with E-state index in [9.17, 15) is 13.8 Å². The van der Waals surface area contributed by atoms with Crippen LogP contribution in [0.2, 0.25) is 0 Å². The van der Waals surface area contributed by atoms with Crippen LogP contribution in [0.1, 0.15) is 27.0 Å². The monoisotopic (exact) mass is 359 g/mol. The number of amides is 1. The summed E-state index contributed by atoms with van der Waals surface area (Å²) >= 11 is 0. The fourth-order valence-electron chi connectivity index (χ4n) is 2.65. The highest BCUT2D eigenvalue weighted by Gasteiger charge is 2.16. The van der Waals surface area contributed by atoms with Gasteiger partial charge in [0.05, 0.1) is 21.3 Å². The average Bonchev–Trinajstić information content (AvgIpc) is 2.55. The summed E-state index contributed by atoms with van der Waals surface area (Å²) in [5.74, 6) is -1.09. The van der Waals surface area contributed by atoms with Gasteiger partial charge in [-0.15, -0.1) is 0 Å². The van der Waals surface area contributed by atoms with E-state index in [2.05, 4.69) is 5.32 Å². The Labute approximate surface area is 149 Å². The van der Waals surface area contributed by atoms with Crippen molar-refractivity contribution in [1.82, 2.24) is 0 Å². The van der Waals surface area contributed by atoms with E-state index in [0.29, 0.717) is 4.90 Å². The van der Waals surface area contributed by atoms with Gasteiger partial charge in [-0.25, -0.2) is 4.79 Å². The van der Waals surface area contributed by atoms with Crippen molar-refractivity contribution in [2.45, 2.75) is 25.7 Å². The zero-order valence-corrected chi connectivity index (χ0v) is 15.5. The van der Waals surface area contributed by atoms with E-state index < -0.39 is 29.3 Å². The third-order valence-electron chi connectivity index (χ3n) is 3.69. The zero-order chi connectivity index (χ0) is 18.6. The quantitative estimate of drug-likeness (QED) is 0.833. The second kappa shape index (κ2) is 8.07. The van der Waals surface area contributed by atoms with Crippen LogP contribution in [0.3, 0.4) is 0 Å². The van der Waals surface area contributed by atoms with Crippen molar-refractivity contribution < 1.29 is 18.5 Å². The molecule has 0 spiro atoms. The summed E-state index contributed by atoms with van der Waals surface area (Å²) in [5.41, 5.74) is 3.94. The lowest BCUT2D eigenvalue weighted by Crippen LogP contribution is -2.22. The molecule has 1 amide bonds. The van der Waals surface area contributed by atoms with Crippen LogP contribution in [0.25, 0.3) is 0 Å². The molecule has 2 aromatic rings. The number of nitrogens with one attached hydrogen (secondary N) is 1. The lowest BCUT2D eigenvalue weighted by atomic mass is 10.1. The molecule has 6 heteroatoms. The summed E-state index contributed by atoms with van der Waals surface area (Å²) < 4.78 is 16.7. The van der Waals surface area contributed by atoms with Gasteiger partial charge >= 0.3 is 5.97 Å². The number of hydrogen-bond donors (Lipinski definition) is 1.